The number of hydrogen-bond acceptors (Lipinski definition) is 3. The third-order valence-electron chi connectivity index (χ3n) is 5.48. The van der Waals surface area contributed by atoms with Crippen LogP contribution in [0, 0.1) is 5.92 Å². The number of ether oxygens (including phenoxy) is 1. The summed E-state index contributed by atoms with van der Waals surface area (Å²) in [5.41, 5.74) is 1.14. The number of benzene rings is 1. The van der Waals surface area contributed by atoms with Crippen molar-refractivity contribution in [3.8, 4) is 5.75 Å². The molecule has 3 rings (SSSR count). The fourth-order valence-corrected chi connectivity index (χ4v) is 3.51. The molecule has 1 aromatic rings. The lowest BCUT2D eigenvalue weighted by molar-refractivity contribution is 0.182. The third kappa shape index (κ3) is 3.77. The molecule has 1 saturated carbocycles. The van der Waals surface area contributed by atoms with Crippen LogP contribution >= 0.6 is 0 Å². The van der Waals surface area contributed by atoms with Crippen molar-refractivity contribution in [2.45, 2.75) is 44.7 Å². The van der Waals surface area contributed by atoms with Crippen LogP contribution in [0.2, 0.25) is 0 Å². The molecule has 0 spiro atoms. The molecule has 1 atom stereocenters. The fourth-order valence-electron chi connectivity index (χ4n) is 3.51. The predicted molar refractivity (Wildman–Crippen MR) is 96.7 cm³/mol. The molecule has 2 amide bonds. The SMILES string of the molecule is COc1ccccc1N1CCC(NC(=O)N(C)C(C)C2CC2)CC1. The van der Waals surface area contributed by atoms with E-state index in [2.05, 4.69) is 23.2 Å². The molecular formula is C19H29N3O2. The first-order chi connectivity index (χ1) is 11.6. The van der Waals surface area contributed by atoms with Crippen molar-refractivity contribution in [1.29, 1.82) is 0 Å². The first-order valence-electron chi connectivity index (χ1n) is 9.01. The van der Waals surface area contributed by atoms with Gasteiger partial charge in [0.05, 0.1) is 12.8 Å². The van der Waals surface area contributed by atoms with Gasteiger partial charge in [0.15, 0.2) is 0 Å². The van der Waals surface area contributed by atoms with Crippen LogP contribution in [-0.4, -0.2) is 50.3 Å². The quantitative estimate of drug-likeness (QED) is 0.902. The summed E-state index contributed by atoms with van der Waals surface area (Å²) in [6, 6.07) is 8.81. The number of methoxy groups -OCH3 is 1. The average molecular weight is 331 g/mol. The molecule has 1 heterocycles. The summed E-state index contributed by atoms with van der Waals surface area (Å²) < 4.78 is 5.46. The summed E-state index contributed by atoms with van der Waals surface area (Å²) in [6.45, 7) is 4.03. The zero-order chi connectivity index (χ0) is 17.1. The van der Waals surface area contributed by atoms with E-state index in [9.17, 15) is 4.79 Å². The molecule has 1 saturated heterocycles. The molecule has 2 aliphatic rings. The van der Waals surface area contributed by atoms with Crippen molar-refractivity contribution >= 4 is 11.7 Å². The van der Waals surface area contributed by atoms with E-state index in [0.717, 1.165) is 37.4 Å². The summed E-state index contributed by atoms with van der Waals surface area (Å²) in [4.78, 5) is 16.6. The molecule has 1 aliphatic carbocycles. The van der Waals surface area contributed by atoms with E-state index < -0.39 is 0 Å². The van der Waals surface area contributed by atoms with Gasteiger partial charge in [-0.1, -0.05) is 12.1 Å². The standard InChI is InChI=1S/C19H29N3O2/c1-14(15-8-9-15)21(2)19(23)20-16-10-12-22(13-11-16)17-6-4-5-7-18(17)24-3/h4-7,14-16H,8-13H2,1-3H3,(H,20,23). The van der Waals surface area contributed by atoms with Gasteiger partial charge in [0.1, 0.15) is 5.75 Å². The first kappa shape index (κ1) is 16.9. The van der Waals surface area contributed by atoms with Crippen molar-refractivity contribution in [3.63, 3.8) is 0 Å². The van der Waals surface area contributed by atoms with Gasteiger partial charge in [-0.25, -0.2) is 4.79 Å². The minimum atomic E-state index is 0.0742. The molecule has 132 valence electrons. The second-order valence-corrected chi connectivity index (χ2v) is 7.07. The summed E-state index contributed by atoms with van der Waals surface area (Å²) >= 11 is 0. The highest BCUT2D eigenvalue weighted by molar-refractivity contribution is 5.74. The summed E-state index contributed by atoms with van der Waals surface area (Å²) in [5.74, 6) is 1.62. The molecular weight excluding hydrogens is 302 g/mol. The lowest BCUT2D eigenvalue weighted by atomic mass is 10.0. The molecule has 0 aromatic heterocycles. The van der Waals surface area contributed by atoms with Crippen LogP contribution in [0.25, 0.3) is 0 Å². The third-order valence-corrected chi connectivity index (χ3v) is 5.48. The Bertz CT molecular complexity index is 565. The second kappa shape index (κ2) is 7.32. The van der Waals surface area contributed by atoms with Crippen LogP contribution in [0.5, 0.6) is 5.75 Å². The Labute approximate surface area is 145 Å². The van der Waals surface area contributed by atoms with Gasteiger partial charge in [0, 0.05) is 32.2 Å². The number of urea groups is 1. The summed E-state index contributed by atoms with van der Waals surface area (Å²) in [6.07, 6.45) is 4.46. The smallest absolute Gasteiger partial charge is 0.317 e. The number of anilines is 1. The normalized spacial score (nSPS) is 19.7. The fraction of sp³-hybridized carbons (Fsp3) is 0.632. The Morgan fingerprint density at radius 3 is 2.54 bits per heavy atom. The molecule has 1 unspecified atom stereocenters. The van der Waals surface area contributed by atoms with Crippen LogP contribution < -0.4 is 15.0 Å². The molecule has 0 radical (unpaired) electrons. The number of para-hydroxylation sites is 2. The Morgan fingerprint density at radius 2 is 1.92 bits per heavy atom. The first-order valence-corrected chi connectivity index (χ1v) is 9.01. The number of carbonyl (C=O) groups excluding carboxylic acids is 1. The Kier molecular flexibility index (Phi) is 5.17. The van der Waals surface area contributed by atoms with Gasteiger partial charge in [-0.2, -0.15) is 0 Å². The van der Waals surface area contributed by atoms with Crippen molar-refractivity contribution in [3.05, 3.63) is 24.3 Å². The van der Waals surface area contributed by atoms with E-state index in [0.29, 0.717) is 12.0 Å². The van der Waals surface area contributed by atoms with Crippen molar-refractivity contribution in [1.82, 2.24) is 10.2 Å². The maximum absolute atomic E-state index is 12.4. The molecule has 1 aromatic carbocycles. The number of piperidine rings is 1. The lowest BCUT2D eigenvalue weighted by Gasteiger charge is -2.36. The zero-order valence-corrected chi connectivity index (χ0v) is 15.0. The Hall–Kier alpha value is -1.91. The summed E-state index contributed by atoms with van der Waals surface area (Å²) in [7, 11) is 3.63. The highest BCUT2D eigenvalue weighted by Gasteiger charge is 2.33. The molecule has 0 bridgehead atoms. The number of amides is 2. The lowest BCUT2D eigenvalue weighted by Crippen LogP contribution is -2.50. The maximum Gasteiger partial charge on any atom is 0.317 e. The Balaban J connectivity index is 1.50. The number of hydrogen-bond donors (Lipinski definition) is 1. The van der Waals surface area contributed by atoms with Crippen LogP contribution in [0.4, 0.5) is 10.5 Å². The van der Waals surface area contributed by atoms with E-state index in [-0.39, 0.29) is 12.1 Å². The highest BCUT2D eigenvalue weighted by Crippen LogP contribution is 2.34. The van der Waals surface area contributed by atoms with Crippen LogP contribution in [0.1, 0.15) is 32.6 Å². The zero-order valence-electron chi connectivity index (χ0n) is 15.0. The minimum Gasteiger partial charge on any atom is -0.495 e. The van der Waals surface area contributed by atoms with E-state index in [1.807, 2.05) is 30.1 Å². The van der Waals surface area contributed by atoms with E-state index in [1.54, 1.807) is 7.11 Å². The largest absolute Gasteiger partial charge is 0.495 e. The van der Waals surface area contributed by atoms with Crippen molar-refractivity contribution in [2.75, 3.05) is 32.1 Å². The van der Waals surface area contributed by atoms with Gasteiger partial charge >= 0.3 is 6.03 Å². The van der Waals surface area contributed by atoms with Gasteiger partial charge in [-0.05, 0) is 50.7 Å². The predicted octanol–water partition coefficient (Wildman–Crippen LogP) is 3.10. The number of nitrogens with zero attached hydrogens (tertiary/aromatic N) is 2. The van der Waals surface area contributed by atoms with Gasteiger partial charge in [0.25, 0.3) is 0 Å². The number of carbonyl (C=O) groups is 1. The van der Waals surface area contributed by atoms with Gasteiger partial charge in [0.2, 0.25) is 0 Å². The topological polar surface area (TPSA) is 44.8 Å². The molecule has 24 heavy (non-hydrogen) atoms. The van der Waals surface area contributed by atoms with E-state index in [1.165, 1.54) is 12.8 Å². The average Bonchev–Trinajstić information content (AvgIpc) is 3.46. The maximum atomic E-state index is 12.4. The minimum absolute atomic E-state index is 0.0742. The second-order valence-electron chi connectivity index (χ2n) is 7.07. The van der Waals surface area contributed by atoms with Crippen LogP contribution in [0.3, 0.4) is 0 Å². The molecule has 5 heteroatoms. The van der Waals surface area contributed by atoms with E-state index >= 15 is 0 Å². The van der Waals surface area contributed by atoms with E-state index in [4.69, 9.17) is 4.74 Å². The molecule has 1 aliphatic heterocycles. The van der Waals surface area contributed by atoms with Crippen LogP contribution in [0.15, 0.2) is 24.3 Å². The van der Waals surface area contributed by atoms with Gasteiger partial charge in [-0.15, -0.1) is 0 Å². The van der Waals surface area contributed by atoms with Gasteiger partial charge in [-0.3, -0.25) is 0 Å². The van der Waals surface area contributed by atoms with Gasteiger partial charge < -0.3 is 19.9 Å². The van der Waals surface area contributed by atoms with Crippen molar-refractivity contribution in [2.24, 2.45) is 5.92 Å². The summed E-state index contributed by atoms with van der Waals surface area (Å²) in [5, 5.41) is 3.21. The molecule has 2 fully saturated rings. The molecule has 1 N–H and O–H groups in total. The highest BCUT2D eigenvalue weighted by atomic mass is 16.5. The number of rotatable bonds is 5. The van der Waals surface area contributed by atoms with Crippen molar-refractivity contribution < 1.29 is 9.53 Å². The monoisotopic (exact) mass is 331 g/mol. The van der Waals surface area contributed by atoms with Crippen LogP contribution in [-0.2, 0) is 0 Å². The Morgan fingerprint density at radius 1 is 1.25 bits per heavy atom. The number of nitrogens with one attached hydrogen (secondary N) is 1. The molecule has 5 nitrogen and oxygen atoms in total.